The van der Waals surface area contributed by atoms with E-state index in [9.17, 15) is 18.5 Å². The minimum atomic E-state index is -4.18. The number of carbonyl (C=O) groups is 1. The molecule has 0 N–H and O–H groups in total. The van der Waals surface area contributed by atoms with E-state index >= 15 is 0 Å². The molecule has 40 heavy (non-hydrogen) atoms. The molecule has 7 nitrogen and oxygen atoms in total. The van der Waals surface area contributed by atoms with Crippen LogP contribution < -0.4 is 4.90 Å². The summed E-state index contributed by atoms with van der Waals surface area (Å²) in [7, 11) is -4.18. The van der Waals surface area contributed by atoms with Crippen molar-refractivity contribution in [3.8, 4) is 6.07 Å². The van der Waals surface area contributed by atoms with Crippen molar-refractivity contribution in [2.45, 2.75) is 57.3 Å². The number of sulfonamides is 1. The summed E-state index contributed by atoms with van der Waals surface area (Å²) in [6, 6.07) is 22.1. The molecule has 0 radical (unpaired) electrons. The molecule has 0 aliphatic carbocycles. The van der Waals surface area contributed by atoms with E-state index in [0.717, 1.165) is 39.6 Å². The molecule has 1 atom stereocenters. The lowest BCUT2D eigenvalue weighted by molar-refractivity contribution is -0.121. The van der Waals surface area contributed by atoms with Crippen LogP contribution >= 0.6 is 0 Å². The first kappa shape index (κ1) is 27.4. The van der Waals surface area contributed by atoms with Gasteiger partial charge in [0.2, 0.25) is 5.91 Å². The van der Waals surface area contributed by atoms with Crippen LogP contribution in [0.25, 0.3) is 0 Å². The molecule has 204 valence electrons. The first-order chi connectivity index (χ1) is 19.1. The lowest BCUT2D eigenvalue weighted by atomic mass is 9.71. The van der Waals surface area contributed by atoms with Gasteiger partial charge in [-0.2, -0.15) is 23.2 Å². The molecular weight excluding hydrogens is 520 g/mol. The molecule has 5 rings (SSSR count). The fourth-order valence-electron chi connectivity index (χ4n) is 5.37. The van der Waals surface area contributed by atoms with Gasteiger partial charge in [-0.25, -0.2) is 0 Å². The number of unbranched alkanes of at least 4 members (excludes halogenated alkanes) is 1. The maximum atomic E-state index is 14.5. The Labute approximate surface area is 236 Å². The van der Waals surface area contributed by atoms with Crippen molar-refractivity contribution in [2.75, 3.05) is 11.4 Å². The number of hydrazone groups is 1. The summed E-state index contributed by atoms with van der Waals surface area (Å²) in [5, 5.41) is 15.2. The zero-order chi connectivity index (χ0) is 28.7. The minimum Gasteiger partial charge on any atom is -0.311 e. The van der Waals surface area contributed by atoms with Gasteiger partial charge in [-0.05, 0) is 56.5 Å². The van der Waals surface area contributed by atoms with Crippen molar-refractivity contribution in [1.29, 1.82) is 5.26 Å². The highest BCUT2D eigenvalue weighted by molar-refractivity contribution is 7.89. The number of amides is 1. The van der Waals surface area contributed by atoms with E-state index in [1.807, 2.05) is 63.2 Å². The van der Waals surface area contributed by atoms with E-state index < -0.39 is 15.4 Å². The maximum absolute atomic E-state index is 14.5. The third-order valence-electron chi connectivity index (χ3n) is 7.67. The van der Waals surface area contributed by atoms with E-state index in [1.54, 1.807) is 17.0 Å². The third kappa shape index (κ3) is 4.50. The van der Waals surface area contributed by atoms with Gasteiger partial charge < -0.3 is 4.90 Å². The zero-order valence-corrected chi connectivity index (χ0v) is 24.0. The number of benzene rings is 3. The molecule has 1 unspecified atom stereocenters. The molecule has 0 saturated heterocycles. The van der Waals surface area contributed by atoms with E-state index in [0.29, 0.717) is 23.4 Å². The van der Waals surface area contributed by atoms with Crippen LogP contribution in [-0.4, -0.2) is 31.0 Å². The number of carbonyl (C=O) groups excluding carboxylic acids is 1. The number of fused-ring (bicyclic) bond motifs is 2. The Morgan fingerprint density at radius 2 is 1.57 bits per heavy atom. The highest BCUT2D eigenvalue weighted by Crippen LogP contribution is 2.50. The Hall–Kier alpha value is -4.22. The fraction of sp³-hybridized carbons (Fsp3) is 0.281. The molecule has 0 aromatic heterocycles. The van der Waals surface area contributed by atoms with Gasteiger partial charge in [0.1, 0.15) is 5.41 Å². The number of aryl methyl sites for hydroxylation is 3. The van der Waals surface area contributed by atoms with Crippen LogP contribution in [0.5, 0.6) is 0 Å². The standard InChI is InChI=1S/C32H32N4O3S/c1-5-6-17-35-30-16-11-24(4)18-28(30)32(31(35)37)19-29(25-12-7-22(2)8-13-25)34-36(21-26(32)20-33)40(38,39)27-14-9-23(3)10-15-27/h7-16,18,21H,5-6,17,19H2,1-4H3. The third-order valence-corrected chi connectivity index (χ3v) is 9.22. The highest BCUT2D eigenvalue weighted by Gasteiger charge is 2.55. The monoisotopic (exact) mass is 552 g/mol. The number of rotatable bonds is 6. The lowest BCUT2D eigenvalue weighted by Gasteiger charge is -2.28. The second-order valence-electron chi connectivity index (χ2n) is 10.6. The predicted molar refractivity (Wildman–Crippen MR) is 156 cm³/mol. The topological polar surface area (TPSA) is 93.8 Å². The smallest absolute Gasteiger partial charge is 0.282 e. The average molecular weight is 553 g/mol. The van der Waals surface area contributed by atoms with Crippen LogP contribution in [0.2, 0.25) is 0 Å². The highest BCUT2D eigenvalue weighted by atomic mass is 32.2. The Bertz CT molecular complexity index is 1680. The normalized spacial score (nSPS) is 18.7. The molecule has 2 aliphatic heterocycles. The van der Waals surface area contributed by atoms with Crippen LogP contribution in [0.4, 0.5) is 5.69 Å². The molecule has 3 aromatic carbocycles. The van der Waals surface area contributed by atoms with Crippen molar-refractivity contribution in [2.24, 2.45) is 5.10 Å². The van der Waals surface area contributed by atoms with Gasteiger partial charge in [0, 0.05) is 18.7 Å². The number of hydrogen-bond acceptors (Lipinski definition) is 5. The van der Waals surface area contributed by atoms with Crippen molar-refractivity contribution in [1.82, 2.24) is 4.41 Å². The van der Waals surface area contributed by atoms with Gasteiger partial charge in [-0.15, -0.1) is 0 Å². The van der Waals surface area contributed by atoms with Gasteiger partial charge in [-0.3, -0.25) is 4.79 Å². The van der Waals surface area contributed by atoms with Crippen LogP contribution in [-0.2, 0) is 20.2 Å². The van der Waals surface area contributed by atoms with Crippen molar-refractivity contribution in [3.63, 3.8) is 0 Å². The average Bonchev–Trinajstić information content (AvgIpc) is 3.05. The molecule has 1 amide bonds. The van der Waals surface area contributed by atoms with Crippen molar-refractivity contribution < 1.29 is 13.2 Å². The molecule has 2 aliphatic rings. The summed E-state index contributed by atoms with van der Waals surface area (Å²) in [6.07, 6.45) is 2.99. The zero-order valence-electron chi connectivity index (χ0n) is 23.2. The summed E-state index contributed by atoms with van der Waals surface area (Å²) in [4.78, 5) is 16.3. The van der Waals surface area contributed by atoms with Crippen LogP contribution in [0, 0.1) is 32.1 Å². The molecule has 2 heterocycles. The van der Waals surface area contributed by atoms with Gasteiger partial charge in [0.15, 0.2) is 0 Å². The molecule has 0 saturated carbocycles. The molecular formula is C32H32N4O3S. The largest absolute Gasteiger partial charge is 0.311 e. The van der Waals surface area contributed by atoms with Gasteiger partial charge >= 0.3 is 0 Å². The summed E-state index contributed by atoms with van der Waals surface area (Å²) in [5.74, 6) is -0.233. The number of hydrogen-bond donors (Lipinski definition) is 0. The van der Waals surface area contributed by atoms with E-state index in [-0.39, 0.29) is 22.8 Å². The molecule has 1 spiro atoms. The fourth-order valence-corrected chi connectivity index (χ4v) is 6.52. The van der Waals surface area contributed by atoms with E-state index in [1.165, 1.54) is 18.3 Å². The Kier molecular flexibility index (Phi) is 7.11. The predicted octanol–water partition coefficient (Wildman–Crippen LogP) is 5.90. The summed E-state index contributed by atoms with van der Waals surface area (Å²) in [6.45, 7) is 8.36. The minimum absolute atomic E-state index is 0.0462. The van der Waals surface area contributed by atoms with E-state index in [2.05, 4.69) is 18.1 Å². The van der Waals surface area contributed by atoms with Gasteiger partial charge in [0.25, 0.3) is 10.0 Å². The summed E-state index contributed by atoms with van der Waals surface area (Å²) < 4.78 is 28.7. The quantitative estimate of drug-likeness (QED) is 0.380. The lowest BCUT2D eigenvalue weighted by Crippen LogP contribution is -2.43. The Balaban J connectivity index is 1.78. The molecule has 8 heteroatoms. The first-order valence-corrected chi connectivity index (χ1v) is 14.9. The summed E-state index contributed by atoms with van der Waals surface area (Å²) >= 11 is 0. The molecule has 0 bridgehead atoms. The van der Waals surface area contributed by atoms with Crippen molar-refractivity contribution >= 4 is 27.3 Å². The summed E-state index contributed by atoms with van der Waals surface area (Å²) in [5.41, 5.74) is 4.10. The number of nitrogens with zero attached hydrogens (tertiary/aromatic N) is 4. The van der Waals surface area contributed by atoms with E-state index in [4.69, 9.17) is 0 Å². The number of nitriles is 1. The van der Waals surface area contributed by atoms with Crippen LogP contribution in [0.1, 0.15) is 54.0 Å². The molecule has 3 aromatic rings. The van der Waals surface area contributed by atoms with Crippen LogP contribution in [0.15, 0.2) is 88.5 Å². The number of anilines is 1. The second kappa shape index (κ2) is 10.4. The Morgan fingerprint density at radius 3 is 2.20 bits per heavy atom. The second-order valence-corrected chi connectivity index (χ2v) is 12.4. The SMILES string of the molecule is CCCCN1C(=O)C2(CC(c3ccc(C)cc3)=NN(S(=O)(=O)c3ccc(C)cc3)C=C2C#N)c2cc(C)ccc21. The first-order valence-electron chi connectivity index (χ1n) is 13.4. The van der Waals surface area contributed by atoms with Gasteiger partial charge in [-0.1, -0.05) is 78.6 Å². The Morgan fingerprint density at radius 1 is 0.950 bits per heavy atom. The van der Waals surface area contributed by atoms with Gasteiger partial charge in [0.05, 0.1) is 28.4 Å². The maximum Gasteiger partial charge on any atom is 0.282 e. The molecule has 0 fully saturated rings. The van der Waals surface area contributed by atoms with Crippen molar-refractivity contribution in [3.05, 3.63) is 106 Å². The van der Waals surface area contributed by atoms with Crippen LogP contribution in [0.3, 0.4) is 0 Å².